The van der Waals surface area contributed by atoms with Gasteiger partial charge in [-0.3, -0.25) is 0 Å². The van der Waals surface area contributed by atoms with Gasteiger partial charge in [0.25, 0.3) is 0 Å². The van der Waals surface area contributed by atoms with Crippen LogP contribution in [0.5, 0.6) is 0 Å². The maximum Gasteiger partial charge on any atom is 0.410 e. The Morgan fingerprint density at radius 3 is 2.20 bits per heavy atom. The lowest BCUT2D eigenvalue weighted by Gasteiger charge is -2.34. The van der Waals surface area contributed by atoms with Gasteiger partial charge in [-0.2, -0.15) is 0 Å². The largest absolute Gasteiger partial charge is 0.444 e. The van der Waals surface area contributed by atoms with Gasteiger partial charge in [0.2, 0.25) is 0 Å². The summed E-state index contributed by atoms with van der Waals surface area (Å²) in [4.78, 5) is 13.7. The van der Waals surface area contributed by atoms with E-state index in [9.17, 15) is 4.79 Å². The molecule has 176 valence electrons. The molecule has 2 fully saturated rings. The Morgan fingerprint density at radius 1 is 1.07 bits per heavy atom. The molecule has 0 radical (unpaired) electrons. The number of halogens is 1. The lowest BCUT2D eigenvalue weighted by molar-refractivity contribution is 0.00928. The van der Waals surface area contributed by atoms with E-state index in [0.717, 1.165) is 45.0 Å². The van der Waals surface area contributed by atoms with Crippen LogP contribution >= 0.6 is 12.4 Å². The number of amides is 1. The fourth-order valence-corrected chi connectivity index (χ4v) is 3.40. The van der Waals surface area contributed by atoms with E-state index >= 15 is 0 Å². The smallest absolute Gasteiger partial charge is 0.410 e. The summed E-state index contributed by atoms with van der Waals surface area (Å²) >= 11 is 0. The monoisotopic (exact) mass is 446 g/mol. The second kappa shape index (κ2) is 16.6. The molecular formula is C23H43ClN2O4. The minimum atomic E-state index is -0.427. The number of carbonyl (C=O) groups is 1. The molecule has 2 unspecified atom stereocenters. The first-order chi connectivity index (χ1) is 13.9. The van der Waals surface area contributed by atoms with E-state index in [4.69, 9.17) is 14.2 Å². The van der Waals surface area contributed by atoms with E-state index in [2.05, 4.69) is 18.5 Å². The molecule has 0 aliphatic carbocycles. The van der Waals surface area contributed by atoms with Crippen LogP contribution in [0.2, 0.25) is 0 Å². The molecule has 1 amide bonds. The molecule has 0 aromatic heterocycles. The van der Waals surface area contributed by atoms with E-state index in [1.54, 1.807) is 17.1 Å². The standard InChI is InChI=1S/C14H25NO3.C9H17NO.ClH/c1-5-9-17-11-12-7-6-8-15(10-12)13(16)18-14(2,3)4;1-2-6-11-8-9-4-3-5-10-7-9;/h5,12H,1,6-11H2,2-4H3;2,9-10H,1,3-8H2;1H. The van der Waals surface area contributed by atoms with Crippen molar-refractivity contribution in [3.05, 3.63) is 25.3 Å². The molecule has 30 heavy (non-hydrogen) atoms. The summed E-state index contributed by atoms with van der Waals surface area (Å²) in [5, 5.41) is 3.36. The summed E-state index contributed by atoms with van der Waals surface area (Å²) in [5.41, 5.74) is -0.427. The van der Waals surface area contributed by atoms with E-state index in [1.165, 1.54) is 19.4 Å². The third-order valence-electron chi connectivity index (χ3n) is 4.75. The molecule has 2 aliphatic heterocycles. The van der Waals surface area contributed by atoms with E-state index in [1.807, 2.05) is 20.8 Å². The number of nitrogens with zero attached hydrogens (tertiary/aromatic N) is 1. The number of likely N-dealkylation sites (tertiary alicyclic amines) is 1. The highest BCUT2D eigenvalue weighted by atomic mass is 35.5. The van der Waals surface area contributed by atoms with Crippen LogP contribution in [0.1, 0.15) is 46.5 Å². The zero-order chi connectivity index (χ0) is 21.5. The fraction of sp³-hybridized carbons (Fsp3) is 0.783. The second-order valence-corrected chi connectivity index (χ2v) is 8.80. The zero-order valence-electron chi connectivity index (χ0n) is 19.2. The summed E-state index contributed by atoms with van der Waals surface area (Å²) in [6.45, 7) is 19.5. The van der Waals surface area contributed by atoms with Crippen molar-refractivity contribution in [2.24, 2.45) is 11.8 Å². The van der Waals surface area contributed by atoms with Crippen molar-refractivity contribution in [3.63, 3.8) is 0 Å². The SMILES string of the molecule is C=CCOCC1CCCN(C(=O)OC(C)(C)C)C1.C=CCOCC1CCCNC1.Cl. The van der Waals surface area contributed by atoms with Gasteiger partial charge >= 0.3 is 6.09 Å². The summed E-state index contributed by atoms with van der Waals surface area (Å²) in [6.07, 6.45) is 8.06. The molecule has 2 atom stereocenters. The Labute approximate surface area is 189 Å². The molecule has 7 heteroatoms. The normalized spacial score (nSPS) is 21.5. The van der Waals surface area contributed by atoms with Crippen LogP contribution in [0, 0.1) is 11.8 Å². The average molecular weight is 447 g/mol. The van der Waals surface area contributed by atoms with Crippen molar-refractivity contribution >= 4 is 18.5 Å². The molecule has 0 saturated carbocycles. The number of hydrogen-bond donors (Lipinski definition) is 1. The molecule has 6 nitrogen and oxygen atoms in total. The van der Waals surface area contributed by atoms with Crippen LogP contribution in [0.25, 0.3) is 0 Å². The van der Waals surface area contributed by atoms with Gasteiger partial charge in [-0.05, 0) is 58.9 Å². The molecule has 2 saturated heterocycles. The van der Waals surface area contributed by atoms with E-state index in [-0.39, 0.29) is 18.5 Å². The van der Waals surface area contributed by atoms with Crippen molar-refractivity contribution in [2.45, 2.75) is 52.1 Å². The third kappa shape index (κ3) is 14.0. The molecule has 0 aromatic carbocycles. The number of ether oxygens (including phenoxy) is 3. The maximum absolute atomic E-state index is 11.9. The number of piperidine rings is 2. The Hall–Kier alpha value is -1.08. The number of rotatable bonds is 8. The van der Waals surface area contributed by atoms with Gasteiger partial charge < -0.3 is 24.4 Å². The van der Waals surface area contributed by atoms with Crippen LogP contribution in [-0.4, -0.2) is 69.2 Å². The Balaban J connectivity index is 0.000000603. The van der Waals surface area contributed by atoms with Crippen LogP contribution in [0.4, 0.5) is 4.79 Å². The lowest BCUT2D eigenvalue weighted by atomic mass is 9.99. The van der Waals surface area contributed by atoms with Gasteiger partial charge in [0.05, 0.1) is 26.4 Å². The first kappa shape index (κ1) is 28.9. The van der Waals surface area contributed by atoms with Gasteiger partial charge in [-0.25, -0.2) is 4.79 Å². The number of nitrogens with one attached hydrogen (secondary N) is 1. The van der Waals surface area contributed by atoms with Crippen LogP contribution in [0.15, 0.2) is 25.3 Å². The highest BCUT2D eigenvalue weighted by molar-refractivity contribution is 5.85. The first-order valence-electron chi connectivity index (χ1n) is 10.9. The van der Waals surface area contributed by atoms with Gasteiger partial charge in [0.15, 0.2) is 0 Å². The minimum Gasteiger partial charge on any atom is -0.444 e. The molecule has 1 N–H and O–H groups in total. The van der Waals surface area contributed by atoms with E-state index in [0.29, 0.717) is 25.7 Å². The second-order valence-electron chi connectivity index (χ2n) is 8.80. The van der Waals surface area contributed by atoms with Crippen molar-refractivity contribution in [3.8, 4) is 0 Å². The van der Waals surface area contributed by atoms with Crippen molar-refractivity contribution in [2.75, 3.05) is 52.6 Å². The predicted molar refractivity (Wildman–Crippen MR) is 125 cm³/mol. The number of hydrogen-bond acceptors (Lipinski definition) is 5. The maximum atomic E-state index is 11.9. The van der Waals surface area contributed by atoms with Crippen molar-refractivity contribution in [1.29, 1.82) is 0 Å². The quantitative estimate of drug-likeness (QED) is 0.441. The summed E-state index contributed by atoms with van der Waals surface area (Å²) < 4.78 is 16.2. The van der Waals surface area contributed by atoms with Gasteiger partial charge in [0, 0.05) is 25.6 Å². The van der Waals surface area contributed by atoms with Gasteiger partial charge in [0.1, 0.15) is 5.60 Å². The van der Waals surface area contributed by atoms with Gasteiger partial charge in [-0.1, -0.05) is 12.2 Å². The topological polar surface area (TPSA) is 60.0 Å². The van der Waals surface area contributed by atoms with Crippen LogP contribution in [-0.2, 0) is 14.2 Å². The average Bonchev–Trinajstić information content (AvgIpc) is 2.69. The van der Waals surface area contributed by atoms with Crippen molar-refractivity contribution in [1.82, 2.24) is 10.2 Å². The summed E-state index contributed by atoms with van der Waals surface area (Å²) in [5.74, 6) is 1.13. The van der Waals surface area contributed by atoms with Gasteiger partial charge in [-0.15, -0.1) is 25.6 Å². The minimum absolute atomic E-state index is 0. The first-order valence-corrected chi connectivity index (χ1v) is 10.9. The molecule has 2 heterocycles. The fourth-order valence-electron chi connectivity index (χ4n) is 3.40. The lowest BCUT2D eigenvalue weighted by Crippen LogP contribution is -2.43. The molecular weight excluding hydrogens is 404 g/mol. The predicted octanol–water partition coefficient (Wildman–Crippen LogP) is 4.45. The van der Waals surface area contributed by atoms with Crippen LogP contribution in [0.3, 0.4) is 0 Å². The zero-order valence-corrected chi connectivity index (χ0v) is 20.0. The Morgan fingerprint density at radius 2 is 1.67 bits per heavy atom. The molecule has 2 rings (SSSR count). The van der Waals surface area contributed by atoms with Crippen molar-refractivity contribution < 1.29 is 19.0 Å². The third-order valence-corrected chi connectivity index (χ3v) is 4.75. The van der Waals surface area contributed by atoms with E-state index < -0.39 is 5.60 Å². The molecule has 2 aliphatic rings. The Bertz CT molecular complexity index is 476. The highest BCUT2D eigenvalue weighted by Crippen LogP contribution is 2.19. The highest BCUT2D eigenvalue weighted by Gasteiger charge is 2.27. The molecule has 0 aromatic rings. The summed E-state index contributed by atoms with van der Waals surface area (Å²) in [7, 11) is 0. The van der Waals surface area contributed by atoms with Crippen LogP contribution < -0.4 is 5.32 Å². The Kier molecular flexibility index (Phi) is 16.0. The molecule has 0 bridgehead atoms. The number of carbonyl (C=O) groups excluding carboxylic acids is 1. The molecule has 0 spiro atoms. The summed E-state index contributed by atoms with van der Waals surface area (Å²) in [6, 6.07) is 0.